The van der Waals surface area contributed by atoms with Crippen LogP contribution in [0.2, 0.25) is 0 Å². The van der Waals surface area contributed by atoms with Crippen LogP contribution in [0.3, 0.4) is 0 Å². The number of carbonyl (C=O) groups is 2. The second kappa shape index (κ2) is 4.53. The maximum atomic E-state index is 12.5. The Labute approximate surface area is 125 Å². The number of nitro benzene ring substituents is 1. The van der Waals surface area contributed by atoms with Gasteiger partial charge in [-0.15, -0.1) is 0 Å². The molecule has 0 radical (unpaired) electrons. The maximum Gasteiger partial charge on any atom is 0.310 e. The molecule has 3 aliphatic rings. The minimum Gasteiger partial charge on any atom is -0.462 e. The number of esters is 1. The van der Waals surface area contributed by atoms with Crippen LogP contribution in [0.4, 0.5) is 11.4 Å². The van der Waals surface area contributed by atoms with Crippen LogP contribution in [0.5, 0.6) is 0 Å². The SMILES string of the molecule is O=C(Nc1cccc([N+](=O)[O-])c1)[C@@H]1[C@@H]2C[C@@H]3[C@H]1C(=O)O[C@H]3C2. The fourth-order valence-corrected chi connectivity index (χ4v) is 4.29. The summed E-state index contributed by atoms with van der Waals surface area (Å²) in [7, 11) is 0. The molecule has 114 valence electrons. The summed E-state index contributed by atoms with van der Waals surface area (Å²) in [5, 5.41) is 13.5. The van der Waals surface area contributed by atoms with Crippen molar-refractivity contribution in [2.75, 3.05) is 5.32 Å². The van der Waals surface area contributed by atoms with E-state index in [0.29, 0.717) is 5.69 Å². The van der Waals surface area contributed by atoms with Gasteiger partial charge in [0.25, 0.3) is 5.69 Å². The molecule has 2 saturated carbocycles. The van der Waals surface area contributed by atoms with E-state index in [-0.39, 0.29) is 47.3 Å². The summed E-state index contributed by atoms with van der Waals surface area (Å²) in [5.41, 5.74) is 0.302. The van der Waals surface area contributed by atoms with Crippen LogP contribution < -0.4 is 5.32 Å². The highest BCUT2D eigenvalue weighted by atomic mass is 16.6. The Morgan fingerprint density at radius 3 is 2.95 bits per heavy atom. The quantitative estimate of drug-likeness (QED) is 0.521. The molecule has 2 bridgehead atoms. The molecular formula is C15H14N2O5. The lowest BCUT2D eigenvalue weighted by Crippen LogP contribution is -2.35. The minimum atomic E-state index is -0.508. The van der Waals surface area contributed by atoms with Crippen molar-refractivity contribution in [3.05, 3.63) is 34.4 Å². The summed E-state index contributed by atoms with van der Waals surface area (Å²) in [4.78, 5) is 34.7. The average molecular weight is 302 g/mol. The Hall–Kier alpha value is -2.44. The number of hydrogen-bond donors (Lipinski definition) is 1. The third-order valence-corrected chi connectivity index (χ3v) is 5.11. The highest BCUT2D eigenvalue weighted by molar-refractivity contribution is 5.97. The number of rotatable bonds is 3. The number of fused-ring (bicyclic) bond motifs is 1. The number of nitro groups is 1. The predicted molar refractivity (Wildman–Crippen MR) is 74.8 cm³/mol. The monoisotopic (exact) mass is 302 g/mol. The summed E-state index contributed by atoms with van der Waals surface area (Å²) in [5.74, 6) is -0.897. The second-order valence-corrected chi connectivity index (χ2v) is 6.22. The number of nitrogens with one attached hydrogen (secondary N) is 1. The van der Waals surface area contributed by atoms with Gasteiger partial charge in [-0.3, -0.25) is 19.7 Å². The first-order chi connectivity index (χ1) is 10.5. The lowest BCUT2D eigenvalue weighted by atomic mass is 9.79. The molecule has 5 atom stereocenters. The van der Waals surface area contributed by atoms with Crippen molar-refractivity contribution < 1.29 is 19.2 Å². The van der Waals surface area contributed by atoms with Crippen LogP contribution in [-0.2, 0) is 14.3 Å². The van der Waals surface area contributed by atoms with E-state index in [1.165, 1.54) is 18.2 Å². The molecule has 1 amide bonds. The molecule has 7 nitrogen and oxygen atoms in total. The number of anilines is 1. The smallest absolute Gasteiger partial charge is 0.310 e. The van der Waals surface area contributed by atoms with Crippen LogP contribution >= 0.6 is 0 Å². The fourth-order valence-electron chi connectivity index (χ4n) is 4.29. The van der Waals surface area contributed by atoms with Crippen molar-refractivity contribution in [1.82, 2.24) is 0 Å². The van der Waals surface area contributed by atoms with Crippen molar-refractivity contribution in [2.45, 2.75) is 18.9 Å². The topological polar surface area (TPSA) is 98.5 Å². The predicted octanol–water partition coefficient (Wildman–Crippen LogP) is 1.73. The first-order valence-corrected chi connectivity index (χ1v) is 7.30. The van der Waals surface area contributed by atoms with Gasteiger partial charge in [0.2, 0.25) is 5.91 Å². The normalized spacial score (nSPS) is 34.5. The molecule has 1 aromatic rings. The largest absolute Gasteiger partial charge is 0.462 e. The number of nitrogens with zero attached hydrogens (tertiary/aromatic N) is 1. The summed E-state index contributed by atoms with van der Waals surface area (Å²) in [6, 6.07) is 5.81. The molecule has 4 rings (SSSR count). The van der Waals surface area contributed by atoms with E-state index < -0.39 is 4.92 Å². The number of amides is 1. The summed E-state index contributed by atoms with van der Waals surface area (Å²) >= 11 is 0. The molecule has 1 aromatic carbocycles. The highest BCUT2D eigenvalue weighted by Crippen LogP contribution is 2.57. The van der Waals surface area contributed by atoms with Gasteiger partial charge in [-0.1, -0.05) is 6.07 Å². The Bertz CT molecular complexity index is 686. The number of benzene rings is 1. The Morgan fingerprint density at radius 2 is 2.18 bits per heavy atom. The average Bonchev–Trinajstić information content (AvgIpc) is 3.08. The molecule has 0 spiro atoms. The summed E-state index contributed by atoms with van der Waals surface area (Å²) in [6.45, 7) is 0. The molecule has 2 aliphatic carbocycles. The van der Waals surface area contributed by atoms with Gasteiger partial charge in [0.1, 0.15) is 6.10 Å². The van der Waals surface area contributed by atoms with Crippen molar-refractivity contribution in [1.29, 1.82) is 0 Å². The van der Waals surface area contributed by atoms with Gasteiger partial charge < -0.3 is 10.1 Å². The molecule has 22 heavy (non-hydrogen) atoms. The first kappa shape index (κ1) is 13.2. The van der Waals surface area contributed by atoms with Gasteiger partial charge in [-0.05, 0) is 24.8 Å². The summed E-state index contributed by atoms with van der Waals surface area (Å²) < 4.78 is 5.31. The fraction of sp³-hybridized carbons (Fsp3) is 0.467. The van der Waals surface area contributed by atoms with Gasteiger partial charge in [0.05, 0.1) is 16.8 Å². The molecule has 1 N–H and O–H groups in total. The third-order valence-electron chi connectivity index (χ3n) is 5.11. The van der Waals surface area contributed by atoms with Crippen molar-refractivity contribution in [2.24, 2.45) is 23.7 Å². The molecule has 0 aromatic heterocycles. The number of hydrogen-bond acceptors (Lipinski definition) is 5. The second-order valence-electron chi connectivity index (χ2n) is 6.22. The Balaban J connectivity index is 1.55. The maximum absolute atomic E-state index is 12.5. The molecular weight excluding hydrogens is 288 g/mol. The van der Waals surface area contributed by atoms with E-state index in [4.69, 9.17) is 4.74 Å². The number of carbonyl (C=O) groups excluding carboxylic acids is 2. The van der Waals surface area contributed by atoms with Crippen LogP contribution in [0.25, 0.3) is 0 Å². The lowest BCUT2D eigenvalue weighted by Gasteiger charge is -2.23. The zero-order valence-corrected chi connectivity index (χ0v) is 11.6. The molecule has 7 heteroatoms. The van der Waals surface area contributed by atoms with Gasteiger partial charge in [-0.25, -0.2) is 0 Å². The van der Waals surface area contributed by atoms with Crippen molar-refractivity contribution in [3.8, 4) is 0 Å². The molecule has 1 heterocycles. The van der Waals surface area contributed by atoms with Crippen LogP contribution in [0, 0.1) is 33.8 Å². The lowest BCUT2D eigenvalue weighted by molar-refractivity contribution is -0.384. The van der Waals surface area contributed by atoms with Crippen LogP contribution in [-0.4, -0.2) is 22.9 Å². The van der Waals surface area contributed by atoms with E-state index in [1.54, 1.807) is 6.07 Å². The third kappa shape index (κ3) is 1.81. The number of ether oxygens (including phenoxy) is 1. The van der Waals surface area contributed by atoms with Gasteiger partial charge in [0, 0.05) is 23.7 Å². The van der Waals surface area contributed by atoms with E-state index >= 15 is 0 Å². The van der Waals surface area contributed by atoms with Gasteiger partial charge in [0.15, 0.2) is 0 Å². The molecule has 3 fully saturated rings. The standard InChI is InChI=1S/C15H14N2O5/c18-14(16-8-2-1-3-9(6-8)17(20)21)12-7-4-10-11(5-7)22-15(19)13(10)12/h1-3,6-7,10-13H,4-5H2,(H,16,18)/t7-,10+,11+,12-,13-/m1/s1. The summed E-state index contributed by atoms with van der Waals surface area (Å²) in [6.07, 6.45) is 1.60. The van der Waals surface area contributed by atoms with Crippen molar-refractivity contribution in [3.63, 3.8) is 0 Å². The van der Waals surface area contributed by atoms with E-state index in [2.05, 4.69) is 5.32 Å². The van der Waals surface area contributed by atoms with E-state index in [1.807, 2.05) is 0 Å². The van der Waals surface area contributed by atoms with E-state index in [9.17, 15) is 19.7 Å². The Kier molecular flexibility index (Phi) is 2.72. The molecule has 0 unspecified atom stereocenters. The zero-order chi connectivity index (χ0) is 15.4. The minimum absolute atomic E-state index is 0.00985. The van der Waals surface area contributed by atoms with E-state index in [0.717, 1.165) is 12.8 Å². The van der Waals surface area contributed by atoms with Crippen LogP contribution in [0.1, 0.15) is 12.8 Å². The highest BCUT2D eigenvalue weighted by Gasteiger charge is 2.63. The molecule has 1 aliphatic heterocycles. The van der Waals surface area contributed by atoms with Gasteiger partial charge >= 0.3 is 5.97 Å². The Morgan fingerprint density at radius 1 is 1.36 bits per heavy atom. The zero-order valence-electron chi connectivity index (χ0n) is 11.6. The van der Waals surface area contributed by atoms with Gasteiger partial charge in [-0.2, -0.15) is 0 Å². The molecule has 1 saturated heterocycles. The van der Waals surface area contributed by atoms with Crippen molar-refractivity contribution >= 4 is 23.3 Å². The first-order valence-electron chi connectivity index (χ1n) is 7.30. The number of non-ortho nitro benzene ring substituents is 1. The van der Waals surface area contributed by atoms with Crippen LogP contribution in [0.15, 0.2) is 24.3 Å².